The molecule has 3 aromatic rings. The van der Waals surface area contributed by atoms with E-state index in [0.29, 0.717) is 49.0 Å². The highest BCUT2D eigenvalue weighted by atomic mass is 19.1. The number of anilines is 2. The summed E-state index contributed by atoms with van der Waals surface area (Å²) < 4.78 is 26.0. The van der Waals surface area contributed by atoms with Crippen LogP contribution in [0.3, 0.4) is 0 Å². The minimum atomic E-state index is -0.384. The highest BCUT2D eigenvalue weighted by molar-refractivity contribution is 5.89. The van der Waals surface area contributed by atoms with Crippen LogP contribution in [0.25, 0.3) is 11.3 Å². The predicted molar refractivity (Wildman–Crippen MR) is 130 cm³/mol. The molecule has 2 heterocycles. The number of rotatable bonds is 7. The van der Waals surface area contributed by atoms with E-state index >= 15 is 0 Å². The van der Waals surface area contributed by atoms with Gasteiger partial charge in [-0.05, 0) is 44.5 Å². The Morgan fingerprint density at radius 3 is 2.56 bits per heavy atom. The number of amides is 2. The van der Waals surface area contributed by atoms with Crippen LogP contribution in [0.4, 0.5) is 20.8 Å². The minimum absolute atomic E-state index is 0.0636. The zero-order valence-electron chi connectivity index (χ0n) is 19.9. The number of urea groups is 1. The molecule has 1 fully saturated rings. The fourth-order valence-corrected chi connectivity index (χ4v) is 3.97. The van der Waals surface area contributed by atoms with E-state index in [1.807, 2.05) is 49.9 Å². The van der Waals surface area contributed by atoms with E-state index in [4.69, 9.17) is 9.26 Å². The number of nitrogens with zero attached hydrogens (tertiary/aromatic N) is 3. The second-order valence-electron chi connectivity index (χ2n) is 8.58. The Kier molecular flexibility index (Phi) is 7.47. The average Bonchev–Trinajstić information content (AvgIpc) is 3.27. The summed E-state index contributed by atoms with van der Waals surface area (Å²) in [5, 5.41) is 7.25. The van der Waals surface area contributed by atoms with Crippen molar-refractivity contribution in [2.45, 2.75) is 39.8 Å². The second kappa shape index (κ2) is 10.7. The Hall–Kier alpha value is -3.39. The van der Waals surface area contributed by atoms with Crippen molar-refractivity contribution in [1.29, 1.82) is 0 Å². The van der Waals surface area contributed by atoms with Crippen LogP contribution in [0.2, 0.25) is 0 Å². The van der Waals surface area contributed by atoms with Gasteiger partial charge < -0.3 is 24.4 Å². The summed E-state index contributed by atoms with van der Waals surface area (Å²) in [6, 6.07) is 13.9. The maximum atomic E-state index is 14.7. The standard InChI is InChI=1S/C26H31FN4O3/c1-4-19(3)31(26(32)28-20-11-9-18(2)10-12-20)17-22-24(21-7-5-6-8-23(21)27)29-34-25(22)30-13-15-33-16-14-30/h5-12,19H,4,13-17H2,1-3H3,(H,28,32)/t19-/m1/s1. The van der Waals surface area contributed by atoms with Gasteiger partial charge in [-0.15, -0.1) is 0 Å². The Labute approximate surface area is 199 Å². The van der Waals surface area contributed by atoms with Gasteiger partial charge in [-0.25, -0.2) is 9.18 Å². The Balaban J connectivity index is 1.70. The van der Waals surface area contributed by atoms with Crippen LogP contribution in [0.15, 0.2) is 53.1 Å². The molecule has 0 unspecified atom stereocenters. The topological polar surface area (TPSA) is 70.8 Å². The molecule has 1 aliphatic heterocycles. The molecular formula is C26H31FN4O3. The lowest BCUT2D eigenvalue weighted by Gasteiger charge is -2.31. The molecule has 180 valence electrons. The van der Waals surface area contributed by atoms with Gasteiger partial charge in [0, 0.05) is 30.4 Å². The lowest BCUT2D eigenvalue weighted by atomic mass is 10.0. The number of hydrogen-bond donors (Lipinski definition) is 1. The SMILES string of the molecule is CC[C@@H](C)N(Cc1c(-c2ccccc2F)noc1N1CCOCC1)C(=O)Nc1ccc(C)cc1. The smallest absolute Gasteiger partial charge is 0.322 e. The second-order valence-corrected chi connectivity index (χ2v) is 8.58. The molecule has 1 saturated heterocycles. The molecule has 1 aliphatic rings. The Morgan fingerprint density at radius 1 is 1.18 bits per heavy atom. The van der Waals surface area contributed by atoms with Crippen molar-refractivity contribution >= 4 is 17.6 Å². The molecule has 1 N–H and O–H groups in total. The van der Waals surface area contributed by atoms with Gasteiger partial charge in [0.1, 0.15) is 11.5 Å². The largest absolute Gasteiger partial charge is 0.378 e. The van der Waals surface area contributed by atoms with E-state index in [1.165, 1.54) is 6.07 Å². The first-order valence-electron chi connectivity index (χ1n) is 11.7. The van der Waals surface area contributed by atoms with Gasteiger partial charge in [-0.1, -0.05) is 41.9 Å². The third-order valence-corrected chi connectivity index (χ3v) is 6.21. The summed E-state index contributed by atoms with van der Waals surface area (Å²) >= 11 is 0. The maximum Gasteiger partial charge on any atom is 0.322 e. The first-order chi connectivity index (χ1) is 16.5. The number of ether oxygens (including phenoxy) is 1. The molecular weight excluding hydrogens is 435 g/mol. The average molecular weight is 467 g/mol. The molecule has 8 heteroatoms. The van der Waals surface area contributed by atoms with Crippen molar-refractivity contribution in [3.05, 3.63) is 65.5 Å². The van der Waals surface area contributed by atoms with E-state index < -0.39 is 0 Å². The van der Waals surface area contributed by atoms with Gasteiger partial charge in [0.25, 0.3) is 0 Å². The van der Waals surface area contributed by atoms with Crippen molar-refractivity contribution in [1.82, 2.24) is 10.1 Å². The molecule has 1 aromatic heterocycles. The number of halogens is 1. The summed E-state index contributed by atoms with van der Waals surface area (Å²) in [6.45, 7) is 8.67. The number of aryl methyl sites for hydroxylation is 1. The van der Waals surface area contributed by atoms with Crippen LogP contribution in [0, 0.1) is 12.7 Å². The summed E-state index contributed by atoms with van der Waals surface area (Å²) in [7, 11) is 0. The third kappa shape index (κ3) is 5.22. The van der Waals surface area contributed by atoms with Gasteiger partial charge in [-0.3, -0.25) is 0 Å². The summed E-state index contributed by atoms with van der Waals surface area (Å²) in [6.07, 6.45) is 0.758. The number of carbonyl (C=O) groups is 1. The molecule has 7 nitrogen and oxygen atoms in total. The van der Waals surface area contributed by atoms with Crippen molar-refractivity contribution < 1.29 is 18.4 Å². The quantitative estimate of drug-likeness (QED) is 0.501. The first kappa shape index (κ1) is 23.8. The summed E-state index contributed by atoms with van der Waals surface area (Å²) in [5.74, 6) is 0.169. The van der Waals surface area contributed by atoms with Gasteiger partial charge in [0.15, 0.2) is 0 Å². The highest BCUT2D eigenvalue weighted by Crippen LogP contribution is 2.34. The molecule has 2 aromatic carbocycles. The Bertz CT molecular complexity index is 1110. The minimum Gasteiger partial charge on any atom is -0.378 e. The van der Waals surface area contributed by atoms with Crippen LogP contribution in [-0.2, 0) is 11.3 Å². The molecule has 2 amide bonds. The summed E-state index contributed by atoms with van der Waals surface area (Å²) in [5.41, 5.74) is 3.29. The van der Waals surface area contributed by atoms with Gasteiger partial charge in [0.05, 0.1) is 25.3 Å². The van der Waals surface area contributed by atoms with Gasteiger partial charge in [0.2, 0.25) is 5.88 Å². The van der Waals surface area contributed by atoms with Crippen molar-refractivity contribution in [3.8, 4) is 11.3 Å². The summed E-state index contributed by atoms with van der Waals surface area (Å²) in [4.78, 5) is 17.2. The molecule has 1 atom stereocenters. The number of aromatic nitrogens is 1. The van der Waals surface area contributed by atoms with Crippen molar-refractivity contribution in [2.75, 3.05) is 36.5 Å². The fourth-order valence-electron chi connectivity index (χ4n) is 3.97. The monoisotopic (exact) mass is 466 g/mol. The molecule has 4 rings (SSSR count). The fraction of sp³-hybridized carbons (Fsp3) is 0.385. The molecule has 0 bridgehead atoms. The predicted octanol–water partition coefficient (Wildman–Crippen LogP) is 5.46. The van der Waals surface area contributed by atoms with E-state index in [1.54, 1.807) is 23.1 Å². The van der Waals surface area contributed by atoms with Crippen LogP contribution < -0.4 is 10.2 Å². The van der Waals surface area contributed by atoms with Crippen LogP contribution >= 0.6 is 0 Å². The number of morpholine rings is 1. The molecule has 0 aliphatic carbocycles. The third-order valence-electron chi connectivity index (χ3n) is 6.21. The number of benzene rings is 2. The molecule has 34 heavy (non-hydrogen) atoms. The lowest BCUT2D eigenvalue weighted by molar-refractivity contribution is 0.119. The van der Waals surface area contributed by atoms with E-state index in [-0.39, 0.29) is 24.4 Å². The van der Waals surface area contributed by atoms with E-state index in [0.717, 1.165) is 17.7 Å². The van der Waals surface area contributed by atoms with E-state index in [9.17, 15) is 9.18 Å². The zero-order chi connectivity index (χ0) is 24.1. The lowest BCUT2D eigenvalue weighted by Crippen LogP contribution is -2.41. The van der Waals surface area contributed by atoms with Gasteiger partial charge >= 0.3 is 6.03 Å². The van der Waals surface area contributed by atoms with Gasteiger partial charge in [-0.2, -0.15) is 0 Å². The normalized spacial score (nSPS) is 14.6. The number of hydrogen-bond acceptors (Lipinski definition) is 5. The first-order valence-corrected chi connectivity index (χ1v) is 11.7. The molecule has 0 saturated carbocycles. The van der Waals surface area contributed by atoms with Crippen molar-refractivity contribution in [3.63, 3.8) is 0 Å². The number of nitrogens with one attached hydrogen (secondary N) is 1. The van der Waals surface area contributed by atoms with Crippen LogP contribution in [-0.4, -0.2) is 48.4 Å². The van der Waals surface area contributed by atoms with E-state index in [2.05, 4.69) is 10.5 Å². The van der Waals surface area contributed by atoms with Crippen LogP contribution in [0.5, 0.6) is 0 Å². The molecule has 0 spiro atoms. The highest BCUT2D eigenvalue weighted by Gasteiger charge is 2.29. The zero-order valence-corrected chi connectivity index (χ0v) is 19.9. The van der Waals surface area contributed by atoms with Crippen molar-refractivity contribution in [2.24, 2.45) is 0 Å². The maximum absolute atomic E-state index is 14.7. The Morgan fingerprint density at radius 2 is 1.88 bits per heavy atom. The molecule has 0 radical (unpaired) electrons. The number of carbonyl (C=O) groups excluding carboxylic acids is 1. The van der Waals surface area contributed by atoms with Crippen LogP contribution in [0.1, 0.15) is 31.4 Å².